The molecule has 0 N–H and O–H groups in total. The Hall–Kier alpha value is -3.69. The predicted molar refractivity (Wildman–Crippen MR) is 161 cm³/mol. The summed E-state index contributed by atoms with van der Waals surface area (Å²) in [7, 11) is 0. The zero-order chi connectivity index (χ0) is 28.6. The number of hydrogen-bond donors (Lipinski definition) is 0. The summed E-state index contributed by atoms with van der Waals surface area (Å²) in [6.45, 7) is 10.3. The van der Waals surface area contributed by atoms with Gasteiger partial charge in [0.15, 0.2) is 4.80 Å². The van der Waals surface area contributed by atoms with Gasteiger partial charge in [0.2, 0.25) is 0 Å². The van der Waals surface area contributed by atoms with Gasteiger partial charge in [-0.25, -0.2) is 9.79 Å². The molecule has 1 aliphatic rings. The lowest BCUT2D eigenvalue weighted by Crippen LogP contribution is -2.39. The molecule has 0 radical (unpaired) electrons. The molecule has 9 heteroatoms. The molecular weight excluding hydrogens is 590 g/mol. The van der Waals surface area contributed by atoms with Crippen LogP contribution in [0.25, 0.3) is 11.8 Å². The fourth-order valence-corrected chi connectivity index (χ4v) is 6.53. The second-order valence-corrected chi connectivity index (χ2v) is 11.4. The minimum absolute atomic E-state index is 0.204. The van der Waals surface area contributed by atoms with E-state index in [-0.39, 0.29) is 12.2 Å². The van der Waals surface area contributed by atoms with Gasteiger partial charge in [-0.05, 0) is 88.2 Å². The second kappa shape index (κ2) is 11.4. The molecule has 0 bridgehead atoms. The highest BCUT2D eigenvalue weighted by molar-refractivity contribution is 9.10. The molecule has 0 spiro atoms. The van der Waals surface area contributed by atoms with Gasteiger partial charge in [-0.15, -0.1) is 0 Å². The van der Waals surface area contributed by atoms with E-state index in [0.717, 1.165) is 38.4 Å². The first kappa shape index (κ1) is 27.9. The number of benzene rings is 2. The van der Waals surface area contributed by atoms with Gasteiger partial charge < -0.3 is 14.0 Å². The maximum absolute atomic E-state index is 14.0. The van der Waals surface area contributed by atoms with E-state index in [2.05, 4.69) is 43.7 Å². The van der Waals surface area contributed by atoms with Crippen LogP contribution in [0.1, 0.15) is 49.3 Å². The van der Waals surface area contributed by atoms with Crippen LogP contribution in [-0.4, -0.2) is 28.3 Å². The normalized spacial score (nSPS) is 15.2. The molecule has 1 atom stereocenters. The second-order valence-electron chi connectivity index (χ2n) is 9.45. The zero-order valence-corrected chi connectivity index (χ0v) is 25.4. The Morgan fingerprint density at radius 1 is 1.07 bits per heavy atom. The quantitative estimate of drug-likeness (QED) is 0.261. The van der Waals surface area contributed by atoms with Crippen LogP contribution in [0.2, 0.25) is 0 Å². The lowest BCUT2D eigenvalue weighted by atomic mass is 9.96. The van der Waals surface area contributed by atoms with Gasteiger partial charge in [0, 0.05) is 21.5 Å². The fraction of sp³-hybridized carbons (Fsp3) is 0.258. The maximum Gasteiger partial charge on any atom is 0.338 e. The smallest absolute Gasteiger partial charge is 0.338 e. The van der Waals surface area contributed by atoms with Crippen LogP contribution < -0.4 is 19.6 Å². The topological polar surface area (TPSA) is 74.8 Å². The van der Waals surface area contributed by atoms with Crippen molar-refractivity contribution in [1.82, 2.24) is 9.13 Å². The SMILES string of the molecule is CCOC(=O)C1=C(C)N=c2s/c(=C\c3cc(C)n(-c4cccc(Br)c4)c3C)c(=O)n2[C@H]1c1ccc(OCC)cc1. The van der Waals surface area contributed by atoms with Crippen molar-refractivity contribution in [1.29, 1.82) is 0 Å². The van der Waals surface area contributed by atoms with Crippen molar-refractivity contribution >= 4 is 39.3 Å². The molecule has 0 amide bonds. The number of nitrogens with zero attached hydrogens (tertiary/aromatic N) is 3. The van der Waals surface area contributed by atoms with E-state index >= 15 is 0 Å². The number of carbonyl (C=O) groups excluding carboxylic acids is 1. The van der Waals surface area contributed by atoms with Gasteiger partial charge in [-0.1, -0.05) is 45.5 Å². The number of carbonyl (C=O) groups is 1. The number of thiazole rings is 1. The van der Waals surface area contributed by atoms with Crippen LogP contribution in [0.5, 0.6) is 5.75 Å². The van der Waals surface area contributed by atoms with Gasteiger partial charge in [0.25, 0.3) is 5.56 Å². The highest BCUT2D eigenvalue weighted by Gasteiger charge is 2.33. The number of aromatic nitrogens is 2. The summed E-state index contributed by atoms with van der Waals surface area (Å²) in [5, 5.41) is 0. The van der Waals surface area contributed by atoms with E-state index < -0.39 is 12.0 Å². The molecule has 0 fully saturated rings. The molecule has 206 valence electrons. The summed E-state index contributed by atoms with van der Waals surface area (Å²) in [4.78, 5) is 32.4. The average molecular weight is 621 g/mol. The van der Waals surface area contributed by atoms with Gasteiger partial charge in [-0.2, -0.15) is 0 Å². The summed E-state index contributed by atoms with van der Waals surface area (Å²) in [6.07, 6.45) is 1.92. The number of rotatable bonds is 7. The zero-order valence-electron chi connectivity index (χ0n) is 23.0. The standard InChI is InChI=1S/C31H30BrN3O4S/c1-6-38-25-13-11-21(12-14-25)28-27(30(37)39-7-2)19(4)33-31-35(28)29(36)26(40-31)16-22-15-18(3)34(20(22)5)24-10-8-9-23(32)17-24/h8-17,28H,6-7H2,1-5H3/b26-16-/t28-/m0/s1. The minimum atomic E-state index is -0.665. The van der Waals surface area contributed by atoms with E-state index in [1.807, 2.05) is 63.2 Å². The van der Waals surface area contributed by atoms with Gasteiger partial charge >= 0.3 is 5.97 Å². The Bertz CT molecular complexity index is 1810. The number of aryl methyl sites for hydroxylation is 1. The molecule has 0 aliphatic carbocycles. The van der Waals surface area contributed by atoms with Crippen molar-refractivity contribution in [2.75, 3.05) is 13.2 Å². The van der Waals surface area contributed by atoms with Gasteiger partial charge in [-0.3, -0.25) is 9.36 Å². The third-order valence-electron chi connectivity index (χ3n) is 6.85. The van der Waals surface area contributed by atoms with Gasteiger partial charge in [0.05, 0.1) is 35.1 Å². The number of halogens is 1. The molecule has 7 nitrogen and oxygen atoms in total. The average Bonchev–Trinajstić information content (AvgIpc) is 3.38. The number of fused-ring (bicyclic) bond motifs is 1. The number of hydrogen-bond acceptors (Lipinski definition) is 6. The van der Waals surface area contributed by atoms with E-state index in [1.54, 1.807) is 18.4 Å². The Labute approximate surface area is 244 Å². The third-order valence-corrected chi connectivity index (χ3v) is 8.32. The lowest BCUT2D eigenvalue weighted by Gasteiger charge is -2.24. The summed E-state index contributed by atoms with van der Waals surface area (Å²) in [6, 6.07) is 17.0. The van der Waals surface area contributed by atoms with Crippen molar-refractivity contribution in [2.45, 2.75) is 40.7 Å². The Morgan fingerprint density at radius 2 is 1.82 bits per heavy atom. The molecule has 3 heterocycles. The number of ether oxygens (including phenoxy) is 2. The van der Waals surface area contributed by atoms with Crippen molar-refractivity contribution in [3.8, 4) is 11.4 Å². The molecule has 1 aliphatic heterocycles. The summed E-state index contributed by atoms with van der Waals surface area (Å²) >= 11 is 4.88. The highest BCUT2D eigenvalue weighted by Crippen LogP contribution is 2.32. The molecule has 4 aromatic rings. The van der Waals surface area contributed by atoms with Crippen LogP contribution in [0.15, 0.2) is 80.1 Å². The summed E-state index contributed by atoms with van der Waals surface area (Å²) in [5.74, 6) is 0.243. The molecule has 40 heavy (non-hydrogen) atoms. The van der Waals surface area contributed by atoms with Crippen molar-refractivity contribution < 1.29 is 14.3 Å². The molecule has 0 saturated heterocycles. The lowest BCUT2D eigenvalue weighted by molar-refractivity contribution is -0.139. The third kappa shape index (κ3) is 5.11. The molecule has 2 aromatic carbocycles. The molecule has 5 rings (SSSR count). The first-order valence-electron chi connectivity index (χ1n) is 13.1. The first-order valence-corrected chi connectivity index (χ1v) is 14.7. The number of esters is 1. The molecule has 2 aromatic heterocycles. The van der Waals surface area contributed by atoms with Crippen molar-refractivity contribution in [2.24, 2.45) is 4.99 Å². The Kier molecular flexibility index (Phi) is 7.96. The van der Waals surface area contributed by atoms with Crippen molar-refractivity contribution in [3.05, 3.63) is 113 Å². The molecule has 0 saturated carbocycles. The van der Waals surface area contributed by atoms with E-state index in [1.165, 1.54) is 11.3 Å². The monoisotopic (exact) mass is 619 g/mol. The van der Waals surface area contributed by atoms with Crippen LogP contribution in [0.4, 0.5) is 0 Å². The van der Waals surface area contributed by atoms with Gasteiger partial charge in [0.1, 0.15) is 5.75 Å². The Morgan fingerprint density at radius 3 is 2.50 bits per heavy atom. The minimum Gasteiger partial charge on any atom is -0.494 e. The predicted octanol–water partition coefficient (Wildman–Crippen LogP) is 5.37. The summed E-state index contributed by atoms with van der Waals surface area (Å²) < 4.78 is 16.3. The van der Waals surface area contributed by atoms with Crippen LogP contribution in [0.3, 0.4) is 0 Å². The highest BCUT2D eigenvalue weighted by atomic mass is 79.9. The number of allylic oxidation sites excluding steroid dienone is 1. The molecular formula is C31H30BrN3O4S. The summed E-state index contributed by atoms with van der Waals surface area (Å²) in [5.41, 5.74) is 5.54. The first-order chi connectivity index (χ1) is 19.2. The van der Waals surface area contributed by atoms with E-state index in [9.17, 15) is 9.59 Å². The molecule has 0 unspecified atom stereocenters. The van der Waals surface area contributed by atoms with E-state index in [0.29, 0.717) is 27.2 Å². The van der Waals surface area contributed by atoms with Crippen LogP contribution in [-0.2, 0) is 9.53 Å². The Balaban J connectivity index is 1.67. The fourth-order valence-electron chi connectivity index (χ4n) is 5.11. The maximum atomic E-state index is 14.0. The largest absolute Gasteiger partial charge is 0.494 e. The van der Waals surface area contributed by atoms with Crippen molar-refractivity contribution in [3.63, 3.8) is 0 Å². The van der Waals surface area contributed by atoms with E-state index in [4.69, 9.17) is 9.47 Å². The van der Waals surface area contributed by atoms with Crippen LogP contribution in [0, 0.1) is 13.8 Å². The van der Waals surface area contributed by atoms with Crippen LogP contribution >= 0.6 is 27.3 Å².